The first kappa shape index (κ1) is 14.4. The van der Waals surface area contributed by atoms with Crippen LogP contribution in [0.15, 0.2) is 35.3 Å². The third-order valence-corrected chi connectivity index (χ3v) is 4.52. The second-order valence-corrected chi connectivity index (χ2v) is 6.51. The molecule has 0 amide bonds. The Morgan fingerprint density at radius 3 is 2.62 bits per heavy atom. The van der Waals surface area contributed by atoms with Crippen LogP contribution in [0.25, 0.3) is 0 Å². The smallest absolute Gasteiger partial charge is 0.191 e. The Kier molecular flexibility index (Phi) is 4.47. The zero-order valence-electron chi connectivity index (χ0n) is 13.1. The highest BCUT2D eigenvalue weighted by molar-refractivity contribution is 5.80. The minimum atomic E-state index is 0.310. The molecule has 2 aliphatic rings. The number of unbranched alkanes of at least 4 members (excludes halogenated alkanes) is 1. The molecule has 3 nitrogen and oxygen atoms in total. The van der Waals surface area contributed by atoms with Gasteiger partial charge in [-0.25, -0.2) is 0 Å². The number of benzene rings is 1. The Balaban J connectivity index is 1.60. The molecule has 2 fully saturated rings. The normalized spacial score (nSPS) is 20.1. The van der Waals surface area contributed by atoms with Gasteiger partial charge in [-0.05, 0) is 37.7 Å². The van der Waals surface area contributed by atoms with Gasteiger partial charge >= 0.3 is 0 Å². The molecule has 1 aromatic carbocycles. The highest BCUT2D eigenvalue weighted by Gasteiger charge is 2.44. The van der Waals surface area contributed by atoms with Gasteiger partial charge in [-0.1, -0.05) is 43.7 Å². The minimum Gasteiger partial charge on any atom is -0.356 e. The summed E-state index contributed by atoms with van der Waals surface area (Å²) in [5, 5.41) is 7.02. The first-order valence-corrected chi connectivity index (χ1v) is 8.43. The van der Waals surface area contributed by atoms with Crippen LogP contribution >= 0.6 is 0 Å². The summed E-state index contributed by atoms with van der Waals surface area (Å²) in [7, 11) is 0. The van der Waals surface area contributed by atoms with Crippen molar-refractivity contribution in [1.82, 2.24) is 10.6 Å². The zero-order valence-corrected chi connectivity index (χ0v) is 13.1. The lowest BCUT2D eigenvalue weighted by atomic mass is 9.96. The number of nitrogens with zero attached hydrogens (tertiary/aromatic N) is 1. The van der Waals surface area contributed by atoms with Crippen molar-refractivity contribution in [3.05, 3.63) is 35.9 Å². The average Bonchev–Trinajstić information content (AvgIpc) is 3.42. The predicted octanol–water partition coefficient (Wildman–Crippen LogP) is 3.22. The molecule has 0 saturated heterocycles. The highest BCUT2D eigenvalue weighted by Crippen LogP contribution is 2.48. The van der Waals surface area contributed by atoms with Crippen molar-refractivity contribution in [3.8, 4) is 0 Å². The fourth-order valence-electron chi connectivity index (χ4n) is 2.67. The third kappa shape index (κ3) is 3.99. The molecule has 21 heavy (non-hydrogen) atoms. The molecule has 0 aliphatic heterocycles. The van der Waals surface area contributed by atoms with Crippen molar-refractivity contribution in [2.75, 3.05) is 13.1 Å². The fraction of sp³-hybridized carbons (Fsp3) is 0.611. The lowest BCUT2D eigenvalue weighted by Gasteiger charge is -2.16. The van der Waals surface area contributed by atoms with Crippen LogP contribution < -0.4 is 10.6 Å². The zero-order chi connectivity index (χ0) is 14.5. The first-order valence-electron chi connectivity index (χ1n) is 8.43. The van der Waals surface area contributed by atoms with E-state index in [4.69, 9.17) is 4.99 Å². The van der Waals surface area contributed by atoms with E-state index in [2.05, 4.69) is 47.9 Å². The molecule has 114 valence electrons. The predicted molar refractivity (Wildman–Crippen MR) is 88.7 cm³/mol. The fourth-order valence-corrected chi connectivity index (χ4v) is 2.67. The summed E-state index contributed by atoms with van der Waals surface area (Å²) in [5.74, 6) is 1.02. The largest absolute Gasteiger partial charge is 0.356 e. The van der Waals surface area contributed by atoms with E-state index in [0.717, 1.165) is 19.0 Å². The van der Waals surface area contributed by atoms with Gasteiger partial charge in [-0.15, -0.1) is 0 Å². The second-order valence-electron chi connectivity index (χ2n) is 6.51. The summed E-state index contributed by atoms with van der Waals surface area (Å²) in [6, 6.07) is 11.5. The van der Waals surface area contributed by atoms with E-state index in [1.807, 2.05) is 0 Å². The second kappa shape index (κ2) is 6.50. The highest BCUT2D eigenvalue weighted by atomic mass is 15.2. The van der Waals surface area contributed by atoms with E-state index in [9.17, 15) is 0 Å². The number of rotatable bonds is 7. The van der Waals surface area contributed by atoms with Gasteiger partial charge in [0.2, 0.25) is 0 Å². The molecule has 0 spiro atoms. The number of hydrogen-bond donors (Lipinski definition) is 2. The standard InChI is InChI=1S/C18H27N3/c1-2-3-13-19-17(21-16-9-10-16)20-14-18(11-12-18)15-7-5-4-6-8-15/h4-8,16H,2-3,9-14H2,1H3,(H2,19,20,21). The van der Waals surface area contributed by atoms with Gasteiger partial charge < -0.3 is 10.6 Å². The van der Waals surface area contributed by atoms with E-state index in [-0.39, 0.29) is 0 Å². The molecule has 3 heteroatoms. The van der Waals surface area contributed by atoms with Crippen LogP contribution in [0.2, 0.25) is 0 Å². The maximum atomic E-state index is 4.88. The maximum Gasteiger partial charge on any atom is 0.191 e. The summed E-state index contributed by atoms with van der Waals surface area (Å²) >= 11 is 0. The van der Waals surface area contributed by atoms with Crippen molar-refractivity contribution >= 4 is 5.96 Å². The first-order chi connectivity index (χ1) is 10.3. The summed E-state index contributed by atoms with van der Waals surface area (Å²) in [5.41, 5.74) is 1.76. The van der Waals surface area contributed by atoms with E-state index in [0.29, 0.717) is 11.5 Å². The molecule has 2 saturated carbocycles. The van der Waals surface area contributed by atoms with Crippen molar-refractivity contribution in [1.29, 1.82) is 0 Å². The molecular formula is C18H27N3. The van der Waals surface area contributed by atoms with Crippen LogP contribution in [0.3, 0.4) is 0 Å². The Morgan fingerprint density at radius 2 is 2.00 bits per heavy atom. The summed E-state index contributed by atoms with van der Waals surface area (Å²) in [4.78, 5) is 4.88. The molecular weight excluding hydrogens is 258 g/mol. The summed E-state index contributed by atoms with van der Waals surface area (Å²) < 4.78 is 0. The molecule has 0 bridgehead atoms. The van der Waals surface area contributed by atoms with Crippen LogP contribution in [0, 0.1) is 0 Å². The van der Waals surface area contributed by atoms with Gasteiger partial charge in [0, 0.05) is 18.0 Å². The van der Waals surface area contributed by atoms with Crippen molar-refractivity contribution in [3.63, 3.8) is 0 Å². The lowest BCUT2D eigenvalue weighted by molar-refractivity contribution is 0.681. The number of hydrogen-bond acceptors (Lipinski definition) is 1. The quantitative estimate of drug-likeness (QED) is 0.458. The topological polar surface area (TPSA) is 36.4 Å². The van der Waals surface area contributed by atoms with Crippen LogP contribution in [0.4, 0.5) is 0 Å². The monoisotopic (exact) mass is 285 g/mol. The van der Waals surface area contributed by atoms with Crippen molar-refractivity contribution < 1.29 is 0 Å². The summed E-state index contributed by atoms with van der Waals surface area (Å²) in [6.07, 6.45) is 7.54. The Hall–Kier alpha value is -1.51. The van der Waals surface area contributed by atoms with Gasteiger partial charge in [0.05, 0.1) is 6.54 Å². The molecule has 0 aromatic heterocycles. The molecule has 0 unspecified atom stereocenters. The van der Waals surface area contributed by atoms with E-state index < -0.39 is 0 Å². The molecule has 3 rings (SSSR count). The average molecular weight is 285 g/mol. The minimum absolute atomic E-state index is 0.310. The van der Waals surface area contributed by atoms with E-state index in [1.165, 1.54) is 44.1 Å². The van der Waals surface area contributed by atoms with Crippen LogP contribution in [-0.4, -0.2) is 25.1 Å². The SMILES string of the molecule is CCCCNC(=NCC1(c2ccccc2)CC1)NC1CC1. The third-order valence-electron chi connectivity index (χ3n) is 4.52. The molecule has 0 atom stereocenters. The molecule has 1 aromatic rings. The number of guanidine groups is 1. The van der Waals surface area contributed by atoms with Crippen LogP contribution in [0.1, 0.15) is 51.0 Å². The number of nitrogens with one attached hydrogen (secondary N) is 2. The van der Waals surface area contributed by atoms with Gasteiger partial charge in [-0.3, -0.25) is 4.99 Å². The molecule has 0 radical (unpaired) electrons. The number of aliphatic imine (C=N–C) groups is 1. The van der Waals surface area contributed by atoms with Crippen molar-refractivity contribution in [2.24, 2.45) is 4.99 Å². The van der Waals surface area contributed by atoms with E-state index in [1.54, 1.807) is 0 Å². The van der Waals surface area contributed by atoms with Gasteiger partial charge in [0.25, 0.3) is 0 Å². The van der Waals surface area contributed by atoms with Gasteiger partial charge in [0.15, 0.2) is 5.96 Å². The maximum absolute atomic E-state index is 4.88. The Labute approximate surface area is 128 Å². The van der Waals surface area contributed by atoms with Gasteiger partial charge in [-0.2, -0.15) is 0 Å². The summed E-state index contributed by atoms with van der Waals surface area (Å²) in [6.45, 7) is 4.15. The molecule has 2 N–H and O–H groups in total. The van der Waals surface area contributed by atoms with Gasteiger partial charge in [0.1, 0.15) is 0 Å². The Bertz CT molecular complexity index is 472. The molecule has 0 heterocycles. The lowest BCUT2D eigenvalue weighted by Crippen LogP contribution is -2.39. The van der Waals surface area contributed by atoms with Crippen LogP contribution in [0.5, 0.6) is 0 Å². The molecule has 2 aliphatic carbocycles. The Morgan fingerprint density at radius 1 is 1.24 bits per heavy atom. The van der Waals surface area contributed by atoms with Crippen LogP contribution in [-0.2, 0) is 5.41 Å². The van der Waals surface area contributed by atoms with E-state index >= 15 is 0 Å². The van der Waals surface area contributed by atoms with Crippen molar-refractivity contribution in [2.45, 2.75) is 56.9 Å².